The van der Waals surface area contributed by atoms with E-state index in [0.717, 1.165) is 0 Å². The molecule has 1 rings (SSSR count). The van der Waals surface area contributed by atoms with Crippen LogP contribution in [0.2, 0.25) is 0 Å². The summed E-state index contributed by atoms with van der Waals surface area (Å²) in [6, 6.07) is 4.06. The van der Waals surface area contributed by atoms with Crippen LogP contribution in [0.5, 0.6) is 5.75 Å². The van der Waals surface area contributed by atoms with E-state index in [1.165, 1.54) is 25.3 Å². The number of hydrogen-bond donors (Lipinski definition) is 0. The SMILES string of the molecule is COCC(Br)CN(C)C(=O)c1ccc(F)c(OC)c1. The van der Waals surface area contributed by atoms with Crippen LogP contribution in [0.3, 0.4) is 0 Å². The molecule has 1 atom stereocenters. The third kappa shape index (κ3) is 4.47. The zero-order valence-corrected chi connectivity index (χ0v) is 12.7. The van der Waals surface area contributed by atoms with Crippen molar-refractivity contribution in [3.05, 3.63) is 29.6 Å². The van der Waals surface area contributed by atoms with Crippen LogP contribution in [0.15, 0.2) is 18.2 Å². The molecule has 1 amide bonds. The summed E-state index contributed by atoms with van der Waals surface area (Å²) in [7, 11) is 4.65. The molecule has 0 N–H and O–H groups in total. The number of benzene rings is 1. The topological polar surface area (TPSA) is 38.8 Å². The van der Waals surface area contributed by atoms with Crippen molar-refractivity contribution in [2.24, 2.45) is 0 Å². The fourth-order valence-electron chi connectivity index (χ4n) is 1.63. The van der Waals surface area contributed by atoms with E-state index in [1.807, 2.05) is 0 Å². The second-order valence-corrected chi connectivity index (χ2v) is 5.38. The normalized spacial score (nSPS) is 12.1. The molecule has 0 aliphatic heterocycles. The molecule has 1 aromatic rings. The molecule has 19 heavy (non-hydrogen) atoms. The van der Waals surface area contributed by atoms with Gasteiger partial charge in [0.15, 0.2) is 11.6 Å². The van der Waals surface area contributed by atoms with Crippen LogP contribution < -0.4 is 4.74 Å². The van der Waals surface area contributed by atoms with E-state index < -0.39 is 5.82 Å². The molecule has 0 aliphatic carbocycles. The molecule has 1 aromatic carbocycles. The minimum absolute atomic E-state index is 0.0498. The Hall–Kier alpha value is -1.14. The quantitative estimate of drug-likeness (QED) is 0.750. The van der Waals surface area contributed by atoms with Gasteiger partial charge < -0.3 is 14.4 Å². The fraction of sp³-hybridized carbons (Fsp3) is 0.462. The number of amides is 1. The number of carbonyl (C=O) groups excluding carboxylic acids is 1. The summed E-state index contributed by atoms with van der Waals surface area (Å²) in [5, 5.41) is 0. The van der Waals surface area contributed by atoms with E-state index in [2.05, 4.69) is 15.9 Å². The number of ether oxygens (including phenoxy) is 2. The first-order valence-electron chi connectivity index (χ1n) is 5.71. The van der Waals surface area contributed by atoms with Gasteiger partial charge in [0.05, 0.1) is 18.5 Å². The predicted octanol–water partition coefficient (Wildman–Crippen LogP) is 2.32. The van der Waals surface area contributed by atoms with E-state index in [9.17, 15) is 9.18 Å². The molecular weight excluding hydrogens is 317 g/mol. The maximum absolute atomic E-state index is 13.3. The predicted molar refractivity (Wildman–Crippen MR) is 74.5 cm³/mol. The fourth-order valence-corrected chi connectivity index (χ4v) is 2.33. The molecule has 0 saturated carbocycles. The highest BCUT2D eigenvalue weighted by Gasteiger charge is 2.17. The van der Waals surface area contributed by atoms with E-state index in [4.69, 9.17) is 9.47 Å². The van der Waals surface area contributed by atoms with Crippen LogP contribution in [-0.4, -0.2) is 50.1 Å². The number of alkyl halides is 1. The first kappa shape index (κ1) is 15.9. The van der Waals surface area contributed by atoms with Crippen molar-refractivity contribution in [2.75, 3.05) is 34.4 Å². The average Bonchev–Trinajstić information content (AvgIpc) is 2.38. The second-order valence-electron chi connectivity index (χ2n) is 4.09. The highest BCUT2D eigenvalue weighted by atomic mass is 79.9. The molecule has 0 radical (unpaired) electrons. The summed E-state index contributed by atoms with van der Waals surface area (Å²) in [6.07, 6.45) is 0. The average molecular weight is 334 g/mol. The molecule has 0 bridgehead atoms. The van der Waals surface area contributed by atoms with Crippen molar-refractivity contribution in [2.45, 2.75) is 4.83 Å². The van der Waals surface area contributed by atoms with Crippen LogP contribution in [0.25, 0.3) is 0 Å². The van der Waals surface area contributed by atoms with Crippen LogP contribution in [0.1, 0.15) is 10.4 Å². The monoisotopic (exact) mass is 333 g/mol. The van der Waals surface area contributed by atoms with Crippen LogP contribution >= 0.6 is 15.9 Å². The molecular formula is C13H17BrFNO3. The highest BCUT2D eigenvalue weighted by Crippen LogP contribution is 2.19. The molecule has 0 aromatic heterocycles. The first-order chi connectivity index (χ1) is 8.99. The summed E-state index contributed by atoms with van der Waals surface area (Å²) in [4.78, 5) is 13.7. The Morgan fingerprint density at radius 2 is 2.16 bits per heavy atom. The third-order valence-corrected chi connectivity index (χ3v) is 3.12. The Balaban J connectivity index is 2.76. The minimum atomic E-state index is -0.487. The maximum Gasteiger partial charge on any atom is 0.253 e. The summed E-state index contributed by atoms with van der Waals surface area (Å²) in [6.45, 7) is 0.997. The van der Waals surface area contributed by atoms with Crippen molar-refractivity contribution in [1.29, 1.82) is 0 Å². The number of halogens is 2. The van der Waals surface area contributed by atoms with E-state index in [0.29, 0.717) is 18.7 Å². The Labute approximate surface area is 120 Å². The molecule has 0 heterocycles. The number of carbonyl (C=O) groups is 1. The van der Waals surface area contributed by atoms with Crippen molar-refractivity contribution in [3.8, 4) is 5.75 Å². The summed E-state index contributed by atoms with van der Waals surface area (Å²) in [5.41, 5.74) is 0.387. The van der Waals surface area contributed by atoms with Gasteiger partial charge in [-0.25, -0.2) is 4.39 Å². The minimum Gasteiger partial charge on any atom is -0.494 e. The first-order valence-corrected chi connectivity index (χ1v) is 6.63. The zero-order valence-electron chi connectivity index (χ0n) is 11.2. The summed E-state index contributed by atoms with van der Waals surface area (Å²) < 4.78 is 23.1. The molecule has 0 spiro atoms. The lowest BCUT2D eigenvalue weighted by atomic mass is 10.2. The van der Waals surface area contributed by atoms with E-state index in [1.54, 1.807) is 19.1 Å². The number of nitrogens with zero attached hydrogens (tertiary/aromatic N) is 1. The Kier molecular flexibility index (Phi) is 6.24. The lowest BCUT2D eigenvalue weighted by molar-refractivity contribution is 0.0783. The Morgan fingerprint density at radius 3 is 2.74 bits per heavy atom. The Morgan fingerprint density at radius 1 is 1.47 bits per heavy atom. The van der Waals surface area contributed by atoms with Crippen molar-refractivity contribution in [1.82, 2.24) is 4.90 Å². The van der Waals surface area contributed by atoms with Gasteiger partial charge >= 0.3 is 0 Å². The van der Waals surface area contributed by atoms with Crippen molar-refractivity contribution >= 4 is 21.8 Å². The van der Waals surface area contributed by atoms with Crippen LogP contribution in [-0.2, 0) is 4.74 Å². The van der Waals surface area contributed by atoms with Gasteiger partial charge in [0.25, 0.3) is 5.91 Å². The van der Waals surface area contributed by atoms with E-state index >= 15 is 0 Å². The Bertz CT molecular complexity index is 442. The van der Waals surface area contributed by atoms with Crippen LogP contribution in [0, 0.1) is 5.82 Å². The third-order valence-electron chi connectivity index (χ3n) is 2.56. The molecule has 1 unspecified atom stereocenters. The lowest BCUT2D eigenvalue weighted by Gasteiger charge is -2.20. The van der Waals surface area contributed by atoms with Gasteiger partial charge in [0.1, 0.15) is 0 Å². The summed E-state index contributed by atoms with van der Waals surface area (Å²) in [5.74, 6) is -0.621. The van der Waals surface area contributed by atoms with Gasteiger partial charge in [-0.05, 0) is 18.2 Å². The maximum atomic E-state index is 13.3. The molecule has 0 aliphatic rings. The van der Waals surface area contributed by atoms with Gasteiger partial charge in [-0.15, -0.1) is 0 Å². The number of rotatable bonds is 6. The van der Waals surface area contributed by atoms with Crippen molar-refractivity contribution < 1.29 is 18.7 Å². The molecule has 4 nitrogen and oxygen atoms in total. The van der Waals surface area contributed by atoms with Gasteiger partial charge in [-0.1, -0.05) is 15.9 Å². The van der Waals surface area contributed by atoms with Gasteiger partial charge in [-0.2, -0.15) is 0 Å². The zero-order chi connectivity index (χ0) is 14.4. The number of methoxy groups -OCH3 is 2. The lowest BCUT2D eigenvalue weighted by Crippen LogP contribution is -2.33. The van der Waals surface area contributed by atoms with Gasteiger partial charge in [0, 0.05) is 26.3 Å². The smallest absolute Gasteiger partial charge is 0.253 e. The second kappa shape index (κ2) is 7.45. The van der Waals surface area contributed by atoms with Gasteiger partial charge in [-0.3, -0.25) is 4.79 Å². The standard InChI is InChI=1S/C13H17BrFNO3/c1-16(7-10(14)8-18-2)13(17)9-4-5-11(15)12(6-9)19-3/h4-6,10H,7-8H2,1-3H3. The molecule has 6 heteroatoms. The molecule has 0 fully saturated rings. The van der Waals surface area contributed by atoms with Crippen molar-refractivity contribution in [3.63, 3.8) is 0 Å². The van der Waals surface area contributed by atoms with E-state index in [-0.39, 0.29) is 16.5 Å². The summed E-state index contributed by atoms with van der Waals surface area (Å²) >= 11 is 3.42. The highest BCUT2D eigenvalue weighted by molar-refractivity contribution is 9.09. The van der Waals surface area contributed by atoms with Gasteiger partial charge in [0.2, 0.25) is 0 Å². The molecule has 0 saturated heterocycles. The largest absolute Gasteiger partial charge is 0.494 e. The van der Waals surface area contributed by atoms with Crippen LogP contribution in [0.4, 0.5) is 4.39 Å². The molecule has 106 valence electrons. The number of hydrogen-bond acceptors (Lipinski definition) is 3.